The van der Waals surface area contributed by atoms with Crippen molar-refractivity contribution < 1.29 is 0 Å². The molecule has 18 heavy (non-hydrogen) atoms. The number of unbranched alkanes of at least 4 members (excludes halogenated alkanes) is 10. The van der Waals surface area contributed by atoms with E-state index < -0.39 is 0 Å². The molecule has 0 unspecified atom stereocenters. The van der Waals surface area contributed by atoms with E-state index in [1.54, 1.807) is 0 Å². The van der Waals surface area contributed by atoms with Crippen molar-refractivity contribution in [3.63, 3.8) is 0 Å². The van der Waals surface area contributed by atoms with Gasteiger partial charge in [0.15, 0.2) is 0 Å². The summed E-state index contributed by atoms with van der Waals surface area (Å²) in [6, 6.07) is 0. The number of rotatable bonds is 13. The third-order valence-corrected chi connectivity index (χ3v) is 3.37. The Bertz CT molecular complexity index is 188. The minimum absolute atomic E-state index is 1.27. The predicted octanol–water partition coefficient (Wildman–Crippen LogP) is 6.82. The summed E-state index contributed by atoms with van der Waals surface area (Å²) in [6.07, 6.45) is 25.6. The fourth-order valence-electron chi connectivity index (χ4n) is 2.15. The van der Waals surface area contributed by atoms with Gasteiger partial charge in [-0.2, -0.15) is 0 Å². The normalized spacial score (nSPS) is 11.9. The van der Waals surface area contributed by atoms with Crippen LogP contribution in [0.3, 0.4) is 0 Å². The van der Waals surface area contributed by atoms with E-state index in [-0.39, 0.29) is 0 Å². The highest BCUT2D eigenvalue weighted by Crippen LogP contribution is 2.08. The van der Waals surface area contributed by atoms with Crippen LogP contribution >= 0.6 is 0 Å². The van der Waals surface area contributed by atoms with Crippen molar-refractivity contribution in [3.05, 3.63) is 24.3 Å². The van der Waals surface area contributed by atoms with Gasteiger partial charge in [-0.05, 0) is 45.4 Å². The van der Waals surface area contributed by atoms with E-state index in [1.165, 1.54) is 77.0 Å². The van der Waals surface area contributed by atoms with Crippen LogP contribution < -0.4 is 0 Å². The van der Waals surface area contributed by atoms with Crippen LogP contribution in [0, 0.1) is 0 Å². The Labute approximate surface area is 116 Å². The SMILES string of the molecule is CC=CCCCCCCC=CCCCCCCC. The highest BCUT2D eigenvalue weighted by atomic mass is 13.9. The van der Waals surface area contributed by atoms with Gasteiger partial charge in [0.1, 0.15) is 0 Å². The van der Waals surface area contributed by atoms with E-state index in [0.717, 1.165) is 0 Å². The van der Waals surface area contributed by atoms with E-state index in [1.807, 2.05) is 0 Å². The standard InChI is InChI=1S/C18H34/c1-3-5-7-9-11-13-15-17-18-16-14-12-10-8-6-4-2/h3,5,16,18H,4,6-15,17H2,1-2H3. The summed E-state index contributed by atoms with van der Waals surface area (Å²) in [5.41, 5.74) is 0. The summed E-state index contributed by atoms with van der Waals surface area (Å²) in [6.45, 7) is 4.38. The van der Waals surface area contributed by atoms with Gasteiger partial charge in [0.2, 0.25) is 0 Å². The Kier molecular flexibility index (Phi) is 16.0. The highest BCUT2D eigenvalue weighted by Gasteiger charge is 1.88. The minimum Gasteiger partial charge on any atom is -0.0917 e. The fraction of sp³-hybridized carbons (Fsp3) is 0.778. The van der Waals surface area contributed by atoms with Crippen molar-refractivity contribution in [3.8, 4) is 0 Å². The molecule has 0 aromatic carbocycles. The fourth-order valence-corrected chi connectivity index (χ4v) is 2.15. The van der Waals surface area contributed by atoms with Gasteiger partial charge in [-0.25, -0.2) is 0 Å². The van der Waals surface area contributed by atoms with Crippen LogP contribution in [0.15, 0.2) is 24.3 Å². The van der Waals surface area contributed by atoms with Crippen LogP contribution in [0.2, 0.25) is 0 Å². The molecule has 0 aliphatic rings. The largest absolute Gasteiger partial charge is 0.0917 e. The molecule has 0 heteroatoms. The van der Waals surface area contributed by atoms with Gasteiger partial charge < -0.3 is 0 Å². The second-order valence-electron chi connectivity index (χ2n) is 5.23. The zero-order chi connectivity index (χ0) is 13.3. The first-order chi connectivity index (χ1) is 8.91. The third-order valence-electron chi connectivity index (χ3n) is 3.37. The molecule has 0 amide bonds. The first-order valence-electron chi connectivity index (χ1n) is 8.18. The maximum atomic E-state index is 2.39. The van der Waals surface area contributed by atoms with Crippen molar-refractivity contribution >= 4 is 0 Å². The van der Waals surface area contributed by atoms with E-state index in [9.17, 15) is 0 Å². The molecule has 0 fully saturated rings. The average molecular weight is 250 g/mol. The van der Waals surface area contributed by atoms with Crippen LogP contribution in [0.25, 0.3) is 0 Å². The Hall–Kier alpha value is -0.520. The first kappa shape index (κ1) is 17.5. The van der Waals surface area contributed by atoms with Gasteiger partial charge in [-0.1, -0.05) is 69.8 Å². The summed E-state index contributed by atoms with van der Waals surface area (Å²) in [4.78, 5) is 0. The molecule has 106 valence electrons. The lowest BCUT2D eigenvalue weighted by Crippen LogP contribution is -1.78. The van der Waals surface area contributed by atoms with Gasteiger partial charge in [0, 0.05) is 0 Å². The van der Waals surface area contributed by atoms with E-state index in [0.29, 0.717) is 0 Å². The molecule has 0 rings (SSSR count). The van der Waals surface area contributed by atoms with E-state index in [2.05, 4.69) is 38.2 Å². The molecule has 0 atom stereocenters. The Morgan fingerprint density at radius 2 is 1.00 bits per heavy atom. The lowest BCUT2D eigenvalue weighted by Gasteiger charge is -1.97. The monoisotopic (exact) mass is 250 g/mol. The molecule has 0 aliphatic heterocycles. The van der Waals surface area contributed by atoms with Crippen LogP contribution in [0.4, 0.5) is 0 Å². The predicted molar refractivity (Wildman–Crippen MR) is 85.0 cm³/mol. The van der Waals surface area contributed by atoms with Crippen molar-refractivity contribution in [2.75, 3.05) is 0 Å². The molecule has 0 bridgehead atoms. The van der Waals surface area contributed by atoms with Crippen molar-refractivity contribution in [2.24, 2.45) is 0 Å². The molecule has 0 spiro atoms. The molecule has 0 nitrogen and oxygen atoms in total. The smallest absolute Gasteiger partial charge is 0.0351 e. The van der Waals surface area contributed by atoms with Crippen molar-refractivity contribution in [1.29, 1.82) is 0 Å². The van der Waals surface area contributed by atoms with Gasteiger partial charge in [-0.3, -0.25) is 0 Å². The number of allylic oxidation sites excluding steroid dienone is 4. The molecular formula is C18H34. The summed E-state index contributed by atoms with van der Waals surface area (Å²) in [5, 5.41) is 0. The molecule has 0 radical (unpaired) electrons. The summed E-state index contributed by atoms with van der Waals surface area (Å²) < 4.78 is 0. The average Bonchev–Trinajstić information content (AvgIpc) is 2.39. The molecule has 0 N–H and O–H groups in total. The molecule has 0 aromatic rings. The van der Waals surface area contributed by atoms with Crippen LogP contribution in [-0.4, -0.2) is 0 Å². The maximum Gasteiger partial charge on any atom is -0.0351 e. The topological polar surface area (TPSA) is 0 Å². The summed E-state index contributed by atoms with van der Waals surface area (Å²) in [7, 11) is 0. The zero-order valence-corrected chi connectivity index (χ0v) is 12.8. The molecule has 0 saturated carbocycles. The van der Waals surface area contributed by atoms with Gasteiger partial charge in [0.05, 0.1) is 0 Å². The number of hydrogen-bond donors (Lipinski definition) is 0. The molecule has 0 heterocycles. The van der Waals surface area contributed by atoms with Gasteiger partial charge >= 0.3 is 0 Å². The Morgan fingerprint density at radius 3 is 1.44 bits per heavy atom. The zero-order valence-electron chi connectivity index (χ0n) is 12.8. The molecule has 0 aromatic heterocycles. The van der Waals surface area contributed by atoms with E-state index >= 15 is 0 Å². The summed E-state index contributed by atoms with van der Waals surface area (Å²) in [5.74, 6) is 0. The lowest BCUT2D eigenvalue weighted by atomic mass is 10.1. The Morgan fingerprint density at radius 1 is 0.556 bits per heavy atom. The van der Waals surface area contributed by atoms with Crippen molar-refractivity contribution in [1.82, 2.24) is 0 Å². The first-order valence-corrected chi connectivity index (χ1v) is 8.18. The third kappa shape index (κ3) is 15.5. The van der Waals surface area contributed by atoms with Gasteiger partial charge in [-0.15, -0.1) is 0 Å². The number of hydrogen-bond acceptors (Lipinski definition) is 0. The summed E-state index contributed by atoms with van der Waals surface area (Å²) >= 11 is 0. The van der Waals surface area contributed by atoms with Crippen LogP contribution in [0.5, 0.6) is 0 Å². The van der Waals surface area contributed by atoms with Gasteiger partial charge in [0.25, 0.3) is 0 Å². The second-order valence-corrected chi connectivity index (χ2v) is 5.23. The van der Waals surface area contributed by atoms with Crippen LogP contribution in [-0.2, 0) is 0 Å². The molecular weight excluding hydrogens is 216 g/mol. The highest BCUT2D eigenvalue weighted by molar-refractivity contribution is 4.81. The van der Waals surface area contributed by atoms with Crippen LogP contribution in [0.1, 0.15) is 90.9 Å². The quantitative estimate of drug-likeness (QED) is 0.248. The molecule has 0 saturated heterocycles. The van der Waals surface area contributed by atoms with E-state index in [4.69, 9.17) is 0 Å². The lowest BCUT2D eigenvalue weighted by molar-refractivity contribution is 0.634. The minimum atomic E-state index is 1.27. The maximum absolute atomic E-state index is 2.39. The van der Waals surface area contributed by atoms with Crippen molar-refractivity contribution in [2.45, 2.75) is 90.9 Å². The molecule has 0 aliphatic carbocycles. The second kappa shape index (κ2) is 16.5. The Balaban J connectivity index is 3.04.